The number of benzene rings is 2. The van der Waals surface area contributed by atoms with Crippen LogP contribution in [0.15, 0.2) is 53.0 Å². The molecule has 2 aromatic carbocycles. The standard InChI is InChI=1S/C21H23BrN4O/c1-23-21(27)15-9-11-25(12-10-15)14-20-24-18-7-2-3-8-19(18)26(20)17-6-4-5-16(22)13-17/h2-8,13,15H,9-12,14H2,1H3,(H,23,27). The number of hydrogen-bond donors (Lipinski definition) is 1. The van der Waals surface area contributed by atoms with Crippen molar-refractivity contribution < 1.29 is 4.79 Å². The lowest BCUT2D eigenvalue weighted by molar-refractivity contribution is -0.125. The molecule has 0 unspecified atom stereocenters. The van der Waals surface area contributed by atoms with Crippen molar-refractivity contribution in [3.63, 3.8) is 0 Å². The normalized spacial score (nSPS) is 15.9. The quantitative estimate of drug-likeness (QED) is 0.690. The SMILES string of the molecule is CNC(=O)C1CCN(Cc2nc3ccccc3n2-c2cccc(Br)c2)CC1. The number of imidazole rings is 1. The summed E-state index contributed by atoms with van der Waals surface area (Å²) in [5, 5.41) is 2.77. The second-order valence-corrected chi connectivity index (χ2v) is 7.91. The molecule has 0 spiro atoms. The van der Waals surface area contributed by atoms with Crippen LogP contribution >= 0.6 is 15.9 Å². The van der Waals surface area contributed by atoms with Gasteiger partial charge in [0.25, 0.3) is 0 Å². The average molecular weight is 427 g/mol. The molecule has 1 N–H and O–H groups in total. The van der Waals surface area contributed by atoms with Gasteiger partial charge in [0, 0.05) is 23.1 Å². The van der Waals surface area contributed by atoms with E-state index in [-0.39, 0.29) is 11.8 Å². The molecule has 1 saturated heterocycles. The number of rotatable bonds is 4. The maximum atomic E-state index is 11.9. The third kappa shape index (κ3) is 3.77. The summed E-state index contributed by atoms with van der Waals surface area (Å²) in [4.78, 5) is 19.2. The lowest BCUT2D eigenvalue weighted by Crippen LogP contribution is -2.39. The molecule has 0 saturated carbocycles. The van der Waals surface area contributed by atoms with Gasteiger partial charge >= 0.3 is 0 Å². The fraction of sp³-hybridized carbons (Fsp3) is 0.333. The number of aromatic nitrogens is 2. The highest BCUT2D eigenvalue weighted by molar-refractivity contribution is 9.10. The number of carbonyl (C=O) groups is 1. The van der Waals surface area contributed by atoms with Crippen LogP contribution in [0.3, 0.4) is 0 Å². The topological polar surface area (TPSA) is 50.2 Å². The predicted molar refractivity (Wildman–Crippen MR) is 111 cm³/mol. The molecular formula is C21H23BrN4O. The number of likely N-dealkylation sites (tertiary alicyclic amines) is 1. The van der Waals surface area contributed by atoms with E-state index in [2.05, 4.69) is 61.0 Å². The average Bonchev–Trinajstić information content (AvgIpc) is 3.05. The maximum Gasteiger partial charge on any atom is 0.222 e. The van der Waals surface area contributed by atoms with Gasteiger partial charge in [-0.25, -0.2) is 4.98 Å². The second kappa shape index (κ2) is 7.82. The fourth-order valence-electron chi connectivity index (χ4n) is 3.84. The summed E-state index contributed by atoms with van der Waals surface area (Å²) < 4.78 is 3.29. The number of halogens is 1. The van der Waals surface area contributed by atoms with Crippen LogP contribution in [0.1, 0.15) is 18.7 Å². The van der Waals surface area contributed by atoms with Crippen LogP contribution in [0.5, 0.6) is 0 Å². The number of hydrogen-bond acceptors (Lipinski definition) is 3. The molecule has 5 nitrogen and oxygen atoms in total. The molecule has 1 aromatic heterocycles. The van der Waals surface area contributed by atoms with E-state index in [4.69, 9.17) is 4.98 Å². The summed E-state index contributed by atoms with van der Waals surface area (Å²) >= 11 is 3.58. The van der Waals surface area contributed by atoms with Crippen molar-refractivity contribution in [3.8, 4) is 5.69 Å². The molecule has 0 aliphatic carbocycles. The Morgan fingerprint density at radius 1 is 1.19 bits per heavy atom. The molecule has 1 amide bonds. The van der Waals surface area contributed by atoms with Gasteiger partial charge in [-0.3, -0.25) is 14.3 Å². The minimum Gasteiger partial charge on any atom is -0.359 e. The zero-order chi connectivity index (χ0) is 18.8. The summed E-state index contributed by atoms with van der Waals surface area (Å²) in [6, 6.07) is 16.6. The Labute approximate surface area is 167 Å². The lowest BCUT2D eigenvalue weighted by atomic mass is 9.96. The Bertz CT molecular complexity index is 960. The maximum absolute atomic E-state index is 11.9. The third-order valence-electron chi connectivity index (χ3n) is 5.27. The van der Waals surface area contributed by atoms with Gasteiger partial charge in [0.05, 0.1) is 17.6 Å². The molecule has 6 heteroatoms. The summed E-state index contributed by atoms with van der Waals surface area (Å²) in [6.45, 7) is 2.61. The summed E-state index contributed by atoms with van der Waals surface area (Å²) in [6.07, 6.45) is 1.80. The molecule has 4 rings (SSSR count). The molecule has 1 aliphatic heterocycles. The molecule has 1 aliphatic rings. The zero-order valence-electron chi connectivity index (χ0n) is 15.4. The fourth-order valence-corrected chi connectivity index (χ4v) is 4.23. The van der Waals surface area contributed by atoms with Crippen molar-refractivity contribution in [3.05, 3.63) is 58.8 Å². The smallest absolute Gasteiger partial charge is 0.222 e. The van der Waals surface area contributed by atoms with Crippen molar-refractivity contribution in [1.29, 1.82) is 0 Å². The summed E-state index contributed by atoms with van der Waals surface area (Å²) in [5.74, 6) is 1.33. The van der Waals surface area contributed by atoms with Gasteiger partial charge in [-0.15, -0.1) is 0 Å². The number of carbonyl (C=O) groups excluding carboxylic acids is 1. The number of nitrogens with one attached hydrogen (secondary N) is 1. The van der Waals surface area contributed by atoms with Crippen LogP contribution in [-0.2, 0) is 11.3 Å². The lowest BCUT2D eigenvalue weighted by Gasteiger charge is -2.30. The number of fused-ring (bicyclic) bond motifs is 1. The van der Waals surface area contributed by atoms with Crippen molar-refractivity contribution in [2.75, 3.05) is 20.1 Å². The molecule has 0 atom stereocenters. The monoisotopic (exact) mass is 426 g/mol. The molecule has 27 heavy (non-hydrogen) atoms. The van der Waals surface area contributed by atoms with E-state index in [1.54, 1.807) is 7.05 Å². The van der Waals surface area contributed by atoms with Crippen molar-refractivity contribution >= 4 is 32.9 Å². The minimum atomic E-state index is 0.134. The van der Waals surface area contributed by atoms with Crippen molar-refractivity contribution in [2.45, 2.75) is 19.4 Å². The van der Waals surface area contributed by atoms with E-state index in [1.807, 2.05) is 18.2 Å². The second-order valence-electron chi connectivity index (χ2n) is 7.00. The van der Waals surface area contributed by atoms with Crippen LogP contribution in [0.4, 0.5) is 0 Å². The molecular weight excluding hydrogens is 404 g/mol. The Balaban J connectivity index is 1.63. The molecule has 3 aromatic rings. The molecule has 1 fully saturated rings. The first kappa shape index (κ1) is 18.2. The van der Waals surface area contributed by atoms with E-state index in [0.29, 0.717) is 0 Å². The number of para-hydroxylation sites is 2. The van der Waals surface area contributed by atoms with E-state index in [1.165, 1.54) is 0 Å². The summed E-state index contributed by atoms with van der Waals surface area (Å²) in [7, 11) is 1.72. The molecule has 0 radical (unpaired) electrons. The Morgan fingerprint density at radius 2 is 1.96 bits per heavy atom. The molecule has 0 bridgehead atoms. The highest BCUT2D eigenvalue weighted by Crippen LogP contribution is 2.26. The van der Waals surface area contributed by atoms with Gasteiger partial charge in [0.1, 0.15) is 5.82 Å². The van der Waals surface area contributed by atoms with Gasteiger partial charge in [0.2, 0.25) is 5.91 Å². The largest absolute Gasteiger partial charge is 0.359 e. The third-order valence-corrected chi connectivity index (χ3v) is 5.76. The first-order chi connectivity index (χ1) is 13.2. The Hall–Kier alpha value is -2.18. The Kier molecular flexibility index (Phi) is 5.27. The van der Waals surface area contributed by atoms with E-state index in [0.717, 1.165) is 59.5 Å². The van der Waals surface area contributed by atoms with Crippen LogP contribution in [0.2, 0.25) is 0 Å². The van der Waals surface area contributed by atoms with Gasteiger partial charge in [-0.05, 0) is 56.3 Å². The van der Waals surface area contributed by atoms with Crippen LogP contribution in [-0.4, -0.2) is 40.5 Å². The highest BCUT2D eigenvalue weighted by atomic mass is 79.9. The minimum absolute atomic E-state index is 0.134. The van der Waals surface area contributed by atoms with Gasteiger partial charge in [-0.1, -0.05) is 34.1 Å². The Morgan fingerprint density at radius 3 is 2.70 bits per heavy atom. The highest BCUT2D eigenvalue weighted by Gasteiger charge is 2.25. The number of nitrogens with zero attached hydrogens (tertiary/aromatic N) is 3. The van der Waals surface area contributed by atoms with Crippen molar-refractivity contribution in [1.82, 2.24) is 19.8 Å². The van der Waals surface area contributed by atoms with E-state index >= 15 is 0 Å². The van der Waals surface area contributed by atoms with Gasteiger partial charge < -0.3 is 5.32 Å². The first-order valence-corrected chi connectivity index (χ1v) is 10.1. The number of piperidine rings is 1. The van der Waals surface area contributed by atoms with Crippen molar-refractivity contribution in [2.24, 2.45) is 5.92 Å². The van der Waals surface area contributed by atoms with Gasteiger partial charge in [-0.2, -0.15) is 0 Å². The van der Waals surface area contributed by atoms with Crippen LogP contribution in [0, 0.1) is 5.92 Å². The van der Waals surface area contributed by atoms with Crippen LogP contribution in [0.25, 0.3) is 16.7 Å². The summed E-state index contributed by atoms with van der Waals surface area (Å²) in [5.41, 5.74) is 3.23. The molecule has 140 valence electrons. The van der Waals surface area contributed by atoms with Crippen LogP contribution < -0.4 is 5.32 Å². The van der Waals surface area contributed by atoms with E-state index < -0.39 is 0 Å². The zero-order valence-corrected chi connectivity index (χ0v) is 16.9. The van der Waals surface area contributed by atoms with E-state index in [9.17, 15) is 4.79 Å². The predicted octanol–water partition coefficient (Wildman–Crippen LogP) is 3.75. The first-order valence-electron chi connectivity index (χ1n) is 9.32. The number of amides is 1. The molecule has 2 heterocycles. The van der Waals surface area contributed by atoms with Gasteiger partial charge in [0.15, 0.2) is 0 Å².